The molecule has 4 heteroatoms. The predicted molar refractivity (Wildman–Crippen MR) is 61.9 cm³/mol. The molecule has 2 rings (SSSR count). The van der Waals surface area contributed by atoms with Gasteiger partial charge < -0.3 is 10.6 Å². The highest BCUT2D eigenvalue weighted by Gasteiger charge is 2.19. The number of pyridine rings is 1. The second-order valence-electron chi connectivity index (χ2n) is 4.19. The number of amides is 1. The van der Waals surface area contributed by atoms with Gasteiger partial charge >= 0.3 is 0 Å². The lowest BCUT2D eigenvalue weighted by Gasteiger charge is -2.26. The molecule has 0 aliphatic carbocycles. The van der Waals surface area contributed by atoms with Crippen LogP contribution in [0.1, 0.15) is 12.0 Å². The number of nitrogens with zero attached hydrogens (tertiary/aromatic N) is 1. The van der Waals surface area contributed by atoms with E-state index >= 15 is 0 Å². The van der Waals surface area contributed by atoms with E-state index in [1.54, 1.807) is 6.20 Å². The van der Waals surface area contributed by atoms with Crippen molar-refractivity contribution in [2.45, 2.75) is 12.8 Å². The van der Waals surface area contributed by atoms with Crippen LogP contribution in [0.3, 0.4) is 0 Å². The normalized spacial score (nSPS) is 15.5. The Morgan fingerprint density at radius 1 is 1.56 bits per heavy atom. The van der Waals surface area contributed by atoms with E-state index in [-0.39, 0.29) is 5.91 Å². The first-order valence-corrected chi connectivity index (χ1v) is 5.71. The first-order valence-electron chi connectivity index (χ1n) is 5.71. The van der Waals surface area contributed by atoms with Crippen LogP contribution < -0.4 is 10.6 Å². The third-order valence-electron chi connectivity index (χ3n) is 2.80. The largest absolute Gasteiger partial charge is 0.356 e. The minimum atomic E-state index is 0.162. The van der Waals surface area contributed by atoms with Gasteiger partial charge in [0.15, 0.2) is 0 Å². The highest BCUT2D eigenvalue weighted by Crippen LogP contribution is 2.07. The fourth-order valence-electron chi connectivity index (χ4n) is 1.72. The maximum absolute atomic E-state index is 11.5. The van der Waals surface area contributed by atoms with Gasteiger partial charge in [-0.2, -0.15) is 0 Å². The zero-order chi connectivity index (χ0) is 11.2. The SMILES string of the molecule is O=C(CC1CNC1)NCCc1cccnc1. The molecule has 1 saturated heterocycles. The minimum absolute atomic E-state index is 0.162. The molecular weight excluding hydrogens is 202 g/mol. The molecule has 1 aliphatic heterocycles. The zero-order valence-electron chi connectivity index (χ0n) is 9.28. The standard InChI is InChI=1S/C12H17N3O/c16-12(6-11-8-14-9-11)15-5-3-10-2-1-4-13-7-10/h1-2,4,7,11,14H,3,5-6,8-9H2,(H,15,16). The van der Waals surface area contributed by atoms with E-state index in [0.717, 1.165) is 25.1 Å². The molecule has 0 atom stereocenters. The summed E-state index contributed by atoms with van der Waals surface area (Å²) in [5, 5.41) is 6.10. The number of aromatic nitrogens is 1. The Bertz CT molecular complexity index is 335. The number of nitrogens with one attached hydrogen (secondary N) is 2. The molecule has 4 nitrogen and oxygen atoms in total. The maximum atomic E-state index is 11.5. The summed E-state index contributed by atoms with van der Waals surface area (Å²) in [5.74, 6) is 0.703. The van der Waals surface area contributed by atoms with Crippen LogP contribution in [0.15, 0.2) is 24.5 Å². The summed E-state index contributed by atoms with van der Waals surface area (Å²) in [6, 6.07) is 3.94. The Labute approximate surface area is 95.5 Å². The summed E-state index contributed by atoms with van der Waals surface area (Å²) in [6.07, 6.45) is 5.09. The molecule has 0 aromatic carbocycles. The molecule has 0 spiro atoms. The van der Waals surface area contributed by atoms with Crippen molar-refractivity contribution < 1.29 is 4.79 Å². The number of hydrogen-bond donors (Lipinski definition) is 2. The van der Waals surface area contributed by atoms with Gasteiger partial charge in [-0.25, -0.2) is 0 Å². The summed E-state index contributed by atoms with van der Waals surface area (Å²) in [4.78, 5) is 15.5. The van der Waals surface area contributed by atoms with Crippen molar-refractivity contribution in [2.75, 3.05) is 19.6 Å². The Morgan fingerprint density at radius 3 is 3.06 bits per heavy atom. The molecule has 0 saturated carbocycles. The van der Waals surface area contributed by atoms with Gasteiger partial charge in [-0.3, -0.25) is 9.78 Å². The van der Waals surface area contributed by atoms with Crippen molar-refractivity contribution in [3.05, 3.63) is 30.1 Å². The quantitative estimate of drug-likeness (QED) is 0.751. The molecule has 1 aliphatic rings. The van der Waals surface area contributed by atoms with E-state index in [1.165, 1.54) is 0 Å². The van der Waals surface area contributed by atoms with Crippen molar-refractivity contribution in [3.63, 3.8) is 0 Å². The van der Waals surface area contributed by atoms with Crippen LogP contribution in [0.4, 0.5) is 0 Å². The molecular formula is C12H17N3O. The molecule has 16 heavy (non-hydrogen) atoms. The fraction of sp³-hybridized carbons (Fsp3) is 0.500. The van der Waals surface area contributed by atoms with Gasteiger partial charge in [-0.15, -0.1) is 0 Å². The second kappa shape index (κ2) is 5.61. The van der Waals surface area contributed by atoms with Crippen LogP contribution >= 0.6 is 0 Å². The summed E-state index contributed by atoms with van der Waals surface area (Å²) in [6.45, 7) is 2.66. The van der Waals surface area contributed by atoms with Gasteiger partial charge in [-0.1, -0.05) is 6.07 Å². The van der Waals surface area contributed by atoms with Crippen molar-refractivity contribution in [1.29, 1.82) is 0 Å². The van der Waals surface area contributed by atoms with E-state index < -0.39 is 0 Å². The first-order chi connectivity index (χ1) is 7.84. The van der Waals surface area contributed by atoms with Gasteiger partial charge in [0.2, 0.25) is 5.91 Å². The van der Waals surface area contributed by atoms with Crippen LogP contribution in [0.5, 0.6) is 0 Å². The van der Waals surface area contributed by atoms with Gasteiger partial charge in [0.05, 0.1) is 0 Å². The zero-order valence-corrected chi connectivity index (χ0v) is 9.28. The van der Waals surface area contributed by atoms with E-state index in [1.807, 2.05) is 18.3 Å². The predicted octanol–water partition coefficient (Wildman–Crippen LogP) is 0.350. The van der Waals surface area contributed by atoms with Crippen LogP contribution in [-0.2, 0) is 11.2 Å². The fourth-order valence-corrected chi connectivity index (χ4v) is 1.72. The molecule has 1 fully saturated rings. The minimum Gasteiger partial charge on any atom is -0.356 e. The molecule has 0 radical (unpaired) electrons. The Morgan fingerprint density at radius 2 is 2.44 bits per heavy atom. The number of rotatable bonds is 5. The summed E-state index contributed by atoms with van der Waals surface area (Å²) in [7, 11) is 0. The summed E-state index contributed by atoms with van der Waals surface area (Å²) < 4.78 is 0. The van der Waals surface area contributed by atoms with Crippen LogP contribution in [0.25, 0.3) is 0 Å². The third kappa shape index (κ3) is 3.31. The maximum Gasteiger partial charge on any atom is 0.220 e. The average Bonchev–Trinajstić information content (AvgIpc) is 2.25. The van der Waals surface area contributed by atoms with Crippen LogP contribution in [0, 0.1) is 5.92 Å². The van der Waals surface area contributed by atoms with E-state index in [2.05, 4.69) is 15.6 Å². The van der Waals surface area contributed by atoms with Crippen molar-refractivity contribution >= 4 is 5.91 Å². The summed E-state index contributed by atoms with van der Waals surface area (Å²) >= 11 is 0. The van der Waals surface area contributed by atoms with E-state index in [4.69, 9.17) is 0 Å². The number of hydrogen-bond acceptors (Lipinski definition) is 3. The smallest absolute Gasteiger partial charge is 0.220 e. The molecule has 86 valence electrons. The van der Waals surface area contributed by atoms with E-state index in [0.29, 0.717) is 18.9 Å². The first kappa shape index (κ1) is 11.1. The third-order valence-corrected chi connectivity index (χ3v) is 2.80. The van der Waals surface area contributed by atoms with Gasteiger partial charge in [0.1, 0.15) is 0 Å². The topological polar surface area (TPSA) is 54.0 Å². The lowest BCUT2D eigenvalue weighted by Crippen LogP contribution is -2.44. The second-order valence-corrected chi connectivity index (χ2v) is 4.19. The lowest BCUT2D eigenvalue weighted by molar-refractivity contribution is -0.122. The monoisotopic (exact) mass is 219 g/mol. The van der Waals surface area contributed by atoms with Crippen molar-refractivity contribution in [2.24, 2.45) is 5.92 Å². The molecule has 2 N–H and O–H groups in total. The van der Waals surface area contributed by atoms with Gasteiger partial charge in [0.25, 0.3) is 0 Å². The average molecular weight is 219 g/mol. The molecule has 0 unspecified atom stereocenters. The Kier molecular flexibility index (Phi) is 3.88. The molecule has 0 bridgehead atoms. The lowest BCUT2D eigenvalue weighted by atomic mass is 9.99. The molecule has 2 heterocycles. The van der Waals surface area contributed by atoms with Gasteiger partial charge in [-0.05, 0) is 37.1 Å². The van der Waals surface area contributed by atoms with Crippen LogP contribution in [0.2, 0.25) is 0 Å². The number of carbonyl (C=O) groups is 1. The Hall–Kier alpha value is -1.42. The molecule has 1 aromatic rings. The van der Waals surface area contributed by atoms with E-state index in [9.17, 15) is 4.79 Å². The molecule has 1 aromatic heterocycles. The van der Waals surface area contributed by atoms with Crippen LogP contribution in [-0.4, -0.2) is 30.5 Å². The van der Waals surface area contributed by atoms with Crippen molar-refractivity contribution in [1.82, 2.24) is 15.6 Å². The van der Waals surface area contributed by atoms with Gasteiger partial charge in [0, 0.05) is 25.4 Å². The molecule has 1 amide bonds. The Balaban J connectivity index is 1.62. The summed E-state index contributed by atoms with van der Waals surface area (Å²) in [5.41, 5.74) is 1.16. The highest BCUT2D eigenvalue weighted by atomic mass is 16.1. The highest BCUT2D eigenvalue weighted by molar-refractivity contribution is 5.76. The van der Waals surface area contributed by atoms with Crippen molar-refractivity contribution in [3.8, 4) is 0 Å². The number of carbonyl (C=O) groups excluding carboxylic acids is 1.